The molecule has 0 aliphatic rings. The number of ether oxygens (including phenoxy) is 1. The van der Waals surface area contributed by atoms with Gasteiger partial charge in [-0.1, -0.05) is 0 Å². The summed E-state index contributed by atoms with van der Waals surface area (Å²) in [6.45, 7) is 1.56. The molecule has 10 heavy (non-hydrogen) atoms. The van der Waals surface area contributed by atoms with Crippen LogP contribution in [-0.4, -0.2) is 23.3 Å². The fourth-order valence-electron chi connectivity index (χ4n) is 0.659. The maximum absolute atomic E-state index is 4.90. The van der Waals surface area contributed by atoms with Crippen molar-refractivity contribution in [2.75, 3.05) is 13.7 Å². The zero-order valence-corrected chi connectivity index (χ0v) is 7.34. The summed E-state index contributed by atoms with van der Waals surface area (Å²) in [7, 11) is 1.69. The first-order chi connectivity index (χ1) is 4.84. The van der Waals surface area contributed by atoms with Gasteiger partial charge in [0, 0.05) is 13.7 Å². The number of rotatable bonds is 3. The van der Waals surface area contributed by atoms with Crippen molar-refractivity contribution in [1.82, 2.24) is 9.55 Å². The predicted octanol–water partition coefficient (Wildman–Crippen LogP) is 1.29. The number of hydrogen-bond acceptors (Lipinski definition) is 2. The predicted molar refractivity (Wildman–Crippen MR) is 41.8 cm³/mol. The van der Waals surface area contributed by atoms with Gasteiger partial charge in [0.15, 0.2) is 0 Å². The molecule has 0 unspecified atom stereocenters. The SMILES string of the molecule is COCCn1cncc1Br. The van der Waals surface area contributed by atoms with Crippen molar-refractivity contribution in [2.24, 2.45) is 0 Å². The normalized spacial score (nSPS) is 10.2. The van der Waals surface area contributed by atoms with Gasteiger partial charge in [-0.25, -0.2) is 4.98 Å². The second-order valence-electron chi connectivity index (χ2n) is 1.90. The Morgan fingerprint density at radius 1 is 1.80 bits per heavy atom. The van der Waals surface area contributed by atoms with Gasteiger partial charge in [0.1, 0.15) is 4.60 Å². The van der Waals surface area contributed by atoms with E-state index in [4.69, 9.17) is 4.74 Å². The summed E-state index contributed by atoms with van der Waals surface area (Å²) in [5, 5.41) is 0. The molecule has 3 nitrogen and oxygen atoms in total. The monoisotopic (exact) mass is 204 g/mol. The van der Waals surface area contributed by atoms with Crippen molar-refractivity contribution >= 4 is 15.9 Å². The van der Waals surface area contributed by atoms with Crippen molar-refractivity contribution in [3.05, 3.63) is 17.1 Å². The van der Waals surface area contributed by atoms with Crippen molar-refractivity contribution in [3.63, 3.8) is 0 Å². The smallest absolute Gasteiger partial charge is 0.104 e. The Morgan fingerprint density at radius 3 is 3.10 bits per heavy atom. The topological polar surface area (TPSA) is 27.1 Å². The van der Waals surface area contributed by atoms with Gasteiger partial charge in [-0.05, 0) is 15.9 Å². The van der Waals surface area contributed by atoms with Gasteiger partial charge in [0.2, 0.25) is 0 Å². The first-order valence-corrected chi connectivity index (χ1v) is 3.78. The summed E-state index contributed by atoms with van der Waals surface area (Å²) >= 11 is 3.34. The van der Waals surface area contributed by atoms with Crippen LogP contribution in [-0.2, 0) is 11.3 Å². The van der Waals surface area contributed by atoms with E-state index < -0.39 is 0 Å². The molecule has 0 aromatic carbocycles. The van der Waals surface area contributed by atoms with Gasteiger partial charge < -0.3 is 9.30 Å². The highest BCUT2D eigenvalue weighted by atomic mass is 79.9. The van der Waals surface area contributed by atoms with Gasteiger partial charge >= 0.3 is 0 Å². The Bertz CT molecular complexity index is 199. The molecule has 0 saturated carbocycles. The fourth-order valence-corrected chi connectivity index (χ4v) is 1.05. The van der Waals surface area contributed by atoms with Crippen LogP contribution < -0.4 is 0 Å². The standard InChI is InChI=1S/C6H9BrN2O/c1-10-3-2-9-5-8-4-6(9)7/h4-5H,2-3H2,1H3. The fraction of sp³-hybridized carbons (Fsp3) is 0.500. The zero-order chi connectivity index (χ0) is 7.40. The van der Waals surface area contributed by atoms with Crippen LogP contribution >= 0.6 is 15.9 Å². The average molecular weight is 205 g/mol. The van der Waals surface area contributed by atoms with E-state index in [9.17, 15) is 0 Å². The first kappa shape index (κ1) is 7.75. The minimum absolute atomic E-state index is 0.717. The van der Waals surface area contributed by atoms with Gasteiger partial charge in [0.05, 0.1) is 19.1 Å². The number of halogens is 1. The molecule has 1 aromatic rings. The molecule has 0 bridgehead atoms. The molecule has 0 atom stereocenters. The quantitative estimate of drug-likeness (QED) is 0.743. The summed E-state index contributed by atoms with van der Waals surface area (Å²) in [4.78, 5) is 3.94. The molecular formula is C6H9BrN2O. The maximum atomic E-state index is 4.90. The van der Waals surface area contributed by atoms with Crippen LogP contribution in [0.3, 0.4) is 0 Å². The van der Waals surface area contributed by atoms with E-state index >= 15 is 0 Å². The molecule has 0 fully saturated rings. The van der Waals surface area contributed by atoms with Crippen LogP contribution in [0.5, 0.6) is 0 Å². The van der Waals surface area contributed by atoms with Crippen molar-refractivity contribution in [2.45, 2.75) is 6.54 Å². The average Bonchev–Trinajstić information content (AvgIpc) is 2.31. The first-order valence-electron chi connectivity index (χ1n) is 2.99. The molecule has 1 rings (SSSR count). The highest BCUT2D eigenvalue weighted by Crippen LogP contribution is 2.06. The molecule has 0 amide bonds. The highest BCUT2D eigenvalue weighted by molar-refractivity contribution is 9.10. The van der Waals surface area contributed by atoms with E-state index in [2.05, 4.69) is 20.9 Å². The number of nitrogens with zero attached hydrogens (tertiary/aromatic N) is 2. The molecule has 0 N–H and O–H groups in total. The van der Waals surface area contributed by atoms with E-state index in [-0.39, 0.29) is 0 Å². The van der Waals surface area contributed by atoms with Crippen LogP contribution in [0.15, 0.2) is 17.1 Å². The highest BCUT2D eigenvalue weighted by Gasteiger charge is 1.94. The molecule has 56 valence electrons. The molecule has 4 heteroatoms. The molecule has 0 saturated heterocycles. The summed E-state index contributed by atoms with van der Waals surface area (Å²) in [6, 6.07) is 0. The second kappa shape index (κ2) is 3.73. The summed E-state index contributed by atoms with van der Waals surface area (Å²) < 4.78 is 7.87. The van der Waals surface area contributed by atoms with Gasteiger partial charge in [-0.3, -0.25) is 0 Å². The van der Waals surface area contributed by atoms with Crippen LogP contribution in [0.2, 0.25) is 0 Å². The van der Waals surface area contributed by atoms with Crippen molar-refractivity contribution in [1.29, 1.82) is 0 Å². The van der Waals surface area contributed by atoms with E-state index in [0.717, 1.165) is 17.8 Å². The third-order valence-electron chi connectivity index (χ3n) is 1.20. The molecule has 0 spiro atoms. The summed E-state index contributed by atoms with van der Waals surface area (Å²) in [5.41, 5.74) is 0. The van der Waals surface area contributed by atoms with E-state index in [0.29, 0.717) is 0 Å². The molecule has 1 heterocycles. The minimum Gasteiger partial charge on any atom is -0.383 e. The second-order valence-corrected chi connectivity index (χ2v) is 2.72. The maximum Gasteiger partial charge on any atom is 0.104 e. The zero-order valence-electron chi connectivity index (χ0n) is 5.75. The van der Waals surface area contributed by atoms with Crippen molar-refractivity contribution < 1.29 is 4.74 Å². The van der Waals surface area contributed by atoms with Crippen LogP contribution in [0.25, 0.3) is 0 Å². The van der Waals surface area contributed by atoms with Crippen LogP contribution in [0, 0.1) is 0 Å². The molecule has 0 radical (unpaired) electrons. The Balaban J connectivity index is 2.49. The molecule has 0 aliphatic heterocycles. The van der Waals surface area contributed by atoms with E-state index in [1.54, 1.807) is 19.6 Å². The lowest BCUT2D eigenvalue weighted by molar-refractivity contribution is 0.186. The lowest BCUT2D eigenvalue weighted by Crippen LogP contribution is -2.02. The Hall–Kier alpha value is -0.350. The Kier molecular flexibility index (Phi) is 2.89. The van der Waals surface area contributed by atoms with Gasteiger partial charge in [-0.15, -0.1) is 0 Å². The number of aromatic nitrogens is 2. The summed E-state index contributed by atoms with van der Waals surface area (Å²) in [6.07, 6.45) is 3.53. The third kappa shape index (κ3) is 1.82. The Labute approximate surface area is 68.1 Å². The molecule has 1 aromatic heterocycles. The summed E-state index contributed by atoms with van der Waals surface area (Å²) in [5.74, 6) is 0. The van der Waals surface area contributed by atoms with Gasteiger partial charge in [0.25, 0.3) is 0 Å². The van der Waals surface area contributed by atoms with Crippen LogP contribution in [0.4, 0.5) is 0 Å². The number of imidazole rings is 1. The minimum atomic E-state index is 0.717. The third-order valence-corrected chi connectivity index (χ3v) is 1.86. The van der Waals surface area contributed by atoms with Gasteiger partial charge in [-0.2, -0.15) is 0 Å². The number of methoxy groups -OCH3 is 1. The van der Waals surface area contributed by atoms with E-state index in [1.165, 1.54) is 0 Å². The molecular weight excluding hydrogens is 196 g/mol. The van der Waals surface area contributed by atoms with Crippen molar-refractivity contribution in [3.8, 4) is 0 Å². The molecule has 0 aliphatic carbocycles. The van der Waals surface area contributed by atoms with Crippen LogP contribution in [0.1, 0.15) is 0 Å². The lowest BCUT2D eigenvalue weighted by Gasteiger charge is -2.00. The lowest BCUT2D eigenvalue weighted by atomic mass is 10.7. The Morgan fingerprint density at radius 2 is 2.60 bits per heavy atom. The number of hydrogen-bond donors (Lipinski definition) is 0. The largest absolute Gasteiger partial charge is 0.383 e. The van der Waals surface area contributed by atoms with E-state index in [1.807, 2.05) is 4.57 Å².